The van der Waals surface area contributed by atoms with Crippen molar-refractivity contribution in [2.75, 3.05) is 0 Å². The van der Waals surface area contributed by atoms with Gasteiger partial charge < -0.3 is 0 Å². The summed E-state index contributed by atoms with van der Waals surface area (Å²) in [5.74, 6) is 0. The molecule has 0 amide bonds. The largest absolute Gasteiger partial charge is 0.0683 e. The molecule has 0 aromatic carbocycles. The first-order valence-electron chi connectivity index (χ1n) is 5.91. The Morgan fingerprint density at radius 1 is 0.583 bits per heavy atom. The Morgan fingerprint density at radius 3 is 0.667 bits per heavy atom. The first-order chi connectivity index (χ1) is 5.91. The van der Waals surface area contributed by atoms with E-state index < -0.39 is 0 Å². The maximum absolute atomic E-state index is 2.12. The van der Waals surface area contributed by atoms with Crippen LogP contribution in [0.5, 0.6) is 0 Å². The maximum Gasteiger partial charge on any atom is -0.0533 e. The smallest absolute Gasteiger partial charge is 0.0533 e. The monoisotopic (exact) mass is 172 g/mol. The van der Waals surface area contributed by atoms with Crippen LogP contribution in [0, 0.1) is 0 Å². The van der Waals surface area contributed by atoms with Gasteiger partial charge >= 0.3 is 0 Å². The van der Waals surface area contributed by atoms with Crippen molar-refractivity contribution in [3.05, 3.63) is 0 Å². The fourth-order valence-corrected chi connectivity index (χ4v) is 0.250. The van der Waals surface area contributed by atoms with Gasteiger partial charge in [0.2, 0.25) is 0 Å². The highest BCUT2D eigenvalue weighted by Crippen LogP contribution is 2.15. The van der Waals surface area contributed by atoms with E-state index >= 15 is 0 Å². The molecular formula is C12H28. The van der Waals surface area contributed by atoms with Crippen LogP contribution in [0.2, 0.25) is 0 Å². The van der Waals surface area contributed by atoms with E-state index in [9.17, 15) is 0 Å². The van der Waals surface area contributed by atoms with Crippen molar-refractivity contribution in [1.29, 1.82) is 0 Å². The second-order valence-electron chi connectivity index (χ2n) is 3.18. The summed E-state index contributed by atoms with van der Waals surface area (Å²) in [6.07, 6.45) is 11.8. The summed E-state index contributed by atoms with van der Waals surface area (Å²) in [4.78, 5) is 0. The summed E-state index contributed by atoms with van der Waals surface area (Å²) in [6.45, 7) is 8.25. The molecule has 0 nitrogen and oxygen atoms in total. The topological polar surface area (TPSA) is 0 Å². The lowest BCUT2D eigenvalue weighted by Crippen LogP contribution is -1.85. The van der Waals surface area contributed by atoms with Gasteiger partial charge in [-0.25, -0.2) is 0 Å². The van der Waals surface area contributed by atoms with Crippen LogP contribution in [0.1, 0.15) is 79.1 Å². The van der Waals surface area contributed by atoms with Crippen LogP contribution in [0.3, 0.4) is 0 Å². The van der Waals surface area contributed by atoms with Crippen molar-refractivity contribution < 1.29 is 0 Å². The third-order valence-electron chi connectivity index (χ3n) is 1.35. The minimum atomic E-state index is 1.25. The zero-order valence-electron chi connectivity index (χ0n) is 9.66. The highest BCUT2D eigenvalue weighted by Gasteiger charge is 1.95. The van der Waals surface area contributed by atoms with Crippen LogP contribution in [0.15, 0.2) is 0 Å². The van der Waals surface area contributed by atoms with E-state index in [4.69, 9.17) is 0 Å². The van der Waals surface area contributed by atoms with Crippen molar-refractivity contribution >= 4 is 0 Å². The Kier molecular flexibility index (Phi) is 20.8. The van der Waals surface area contributed by atoms with Gasteiger partial charge in [0.25, 0.3) is 0 Å². The first kappa shape index (κ1) is 14.5. The summed E-state index contributed by atoms with van der Waals surface area (Å²) in [5, 5.41) is 0. The molecule has 0 aromatic heterocycles. The summed E-state index contributed by atoms with van der Waals surface area (Å²) >= 11 is 0. The van der Waals surface area contributed by atoms with Crippen LogP contribution in [-0.4, -0.2) is 0 Å². The van der Waals surface area contributed by atoms with E-state index in [0.717, 1.165) is 0 Å². The maximum atomic E-state index is 2.12. The SMILES string of the molecule is C1CC1.C1CCC1.CC.CCC. The molecule has 0 unspecified atom stereocenters. The molecule has 0 aliphatic heterocycles. The molecule has 0 radical (unpaired) electrons. The van der Waals surface area contributed by atoms with Crippen LogP contribution in [0.4, 0.5) is 0 Å². The predicted molar refractivity (Wildman–Crippen MR) is 59.6 cm³/mol. The van der Waals surface area contributed by atoms with Crippen LogP contribution in [-0.2, 0) is 0 Å². The second-order valence-corrected chi connectivity index (χ2v) is 3.18. The van der Waals surface area contributed by atoms with Crippen molar-refractivity contribution in [2.24, 2.45) is 0 Å². The summed E-state index contributed by atoms with van der Waals surface area (Å²) in [7, 11) is 0. The van der Waals surface area contributed by atoms with Gasteiger partial charge in [0.1, 0.15) is 0 Å². The molecule has 0 aromatic rings. The van der Waals surface area contributed by atoms with Gasteiger partial charge in [0, 0.05) is 0 Å². The molecule has 0 saturated heterocycles. The Balaban J connectivity index is 0. The average Bonchev–Trinajstić information content (AvgIpc) is 2.72. The Hall–Kier alpha value is 0. The molecule has 0 atom stereocenters. The lowest BCUT2D eigenvalue weighted by atomic mass is 10.0. The van der Waals surface area contributed by atoms with E-state index in [0.29, 0.717) is 0 Å². The molecule has 0 bridgehead atoms. The van der Waals surface area contributed by atoms with Gasteiger partial charge in [0.05, 0.1) is 0 Å². The molecule has 0 N–H and O–H groups in total. The molecule has 2 aliphatic rings. The molecule has 2 aliphatic carbocycles. The zero-order valence-corrected chi connectivity index (χ0v) is 9.66. The Labute approximate surface area is 79.8 Å². The fourth-order valence-electron chi connectivity index (χ4n) is 0.250. The number of rotatable bonds is 0. The predicted octanol–water partition coefficient (Wildman–Crippen LogP) is 5.17. The van der Waals surface area contributed by atoms with E-state index in [2.05, 4.69) is 13.8 Å². The van der Waals surface area contributed by atoms with Gasteiger partial charge in [-0.3, -0.25) is 0 Å². The average molecular weight is 172 g/mol. The molecule has 2 fully saturated rings. The number of hydrogen-bond acceptors (Lipinski definition) is 0. The third-order valence-corrected chi connectivity index (χ3v) is 1.35. The molecule has 0 spiro atoms. The van der Waals surface area contributed by atoms with Crippen LogP contribution < -0.4 is 0 Å². The van der Waals surface area contributed by atoms with Gasteiger partial charge in [-0.05, 0) is 0 Å². The summed E-state index contributed by atoms with van der Waals surface area (Å²) in [6, 6.07) is 0. The van der Waals surface area contributed by atoms with Gasteiger partial charge in [-0.15, -0.1) is 0 Å². The Bertz CT molecular complexity index is 35.2. The van der Waals surface area contributed by atoms with Crippen molar-refractivity contribution in [1.82, 2.24) is 0 Å². The molecule has 0 heteroatoms. The molecular weight excluding hydrogens is 144 g/mol. The van der Waals surface area contributed by atoms with E-state index in [1.165, 1.54) is 51.4 Å². The third kappa shape index (κ3) is 32.4. The van der Waals surface area contributed by atoms with E-state index in [1.54, 1.807) is 0 Å². The molecule has 12 heavy (non-hydrogen) atoms. The first-order valence-corrected chi connectivity index (χ1v) is 5.91. The lowest BCUT2D eigenvalue weighted by Gasteiger charge is -2.05. The minimum absolute atomic E-state index is 1.25. The zero-order chi connectivity index (χ0) is 9.66. The molecule has 76 valence electrons. The molecule has 2 rings (SSSR count). The van der Waals surface area contributed by atoms with Crippen molar-refractivity contribution in [2.45, 2.75) is 79.1 Å². The highest BCUT2D eigenvalue weighted by molar-refractivity contribution is 4.51. The standard InChI is InChI=1S/C4H8.C3H6.C3H8.C2H6/c1-2-4-3-1;1-2-3-1;1-3-2;1-2/h1-4H2;1-3H2;3H2,1-2H3;1-2H3. The van der Waals surface area contributed by atoms with Gasteiger partial charge in [-0.2, -0.15) is 0 Å². The highest BCUT2D eigenvalue weighted by atomic mass is 14.0. The van der Waals surface area contributed by atoms with E-state index in [1.807, 2.05) is 13.8 Å². The van der Waals surface area contributed by atoms with Crippen LogP contribution in [0.25, 0.3) is 0 Å². The van der Waals surface area contributed by atoms with Crippen LogP contribution >= 0.6 is 0 Å². The van der Waals surface area contributed by atoms with Gasteiger partial charge in [0.15, 0.2) is 0 Å². The quantitative estimate of drug-likeness (QED) is 0.472. The van der Waals surface area contributed by atoms with Crippen molar-refractivity contribution in [3.8, 4) is 0 Å². The summed E-state index contributed by atoms with van der Waals surface area (Å²) in [5.41, 5.74) is 0. The second kappa shape index (κ2) is 17.2. The van der Waals surface area contributed by atoms with E-state index in [-0.39, 0.29) is 0 Å². The molecule has 0 heterocycles. The number of hydrogen-bond donors (Lipinski definition) is 0. The summed E-state index contributed by atoms with van der Waals surface area (Å²) < 4.78 is 0. The minimum Gasteiger partial charge on any atom is -0.0683 e. The lowest BCUT2D eigenvalue weighted by molar-refractivity contribution is 0.504. The van der Waals surface area contributed by atoms with Crippen molar-refractivity contribution in [3.63, 3.8) is 0 Å². The normalized spacial score (nSPS) is 16.0. The Morgan fingerprint density at radius 2 is 0.667 bits per heavy atom. The molecule has 2 saturated carbocycles. The van der Waals surface area contributed by atoms with Gasteiger partial charge in [-0.1, -0.05) is 79.1 Å². The fraction of sp³-hybridized carbons (Fsp3) is 1.00.